The first-order valence-corrected chi connectivity index (χ1v) is 9.62. The second kappa shape index (κ2) is 6.74. The van der Waals surface area contributed by atoms with Crippen LogP contribution in [0.5, 0.6) is 5.75 Å². The van der Waals surface area contributed by atoms with Crippen molar-refractivity contribution in [1.82, 2.24) is 35.1 Å². The summed E-state index contributed by atoms with van der Waals surface area (Å²) >= 11 is 0. The minimum atomic E-state index is 0.108. The standard InChI is InChI=1S/C23H15N7O/c31-16-5-14(8-25-10-16)15-6-18-22(29-30-23(18)27-9-15)20-7-17-19(11-26-12-21(17)28-20)13-1-3-24-4-2-13/h1-12,28,31H,(H,27,29,30). The molecule has 3 N–H and O–H groups in total. The number of pyridine rings is 4. The molecule has 0 aliphatic rings. The van der Waals surface area contributed by atoms with E-state index in [-0.39, 0.29) is 5.75 Å². The van der Waals surface area contributed by atoms with Gasteiger partial charge in [-0.15, -0.1) is 0 Å². The number of rotatable bonds is 3. The molecule has 31 heavy (non-hydrogen) atoms. The summed E-state index contributed by atoms with van der Waals surface area (Å²) in [5, 5.41) is 19.2. The third kappa shape index (κ3) is 2.89. The van der Waals surface area contributed by atoms with Crippen molar-refractivity contribution in [2.75, 3.05) is 0 Å². The third-order valence-corrected chi connectivity index (χ3v) is 5.27. The molecular formula is C23H15N7O. The molecule has 0 aromatic carbocycles. The van der Waals surface area contributed by atoms with Crippen molar-refractivity contribution in [3.63, 3.8) is 0 Å². The highest BCUT2D eigenvalue weighted by atomic mass is 16.3. The van der Waals surface area contributed by atoms with Crippen LogP contribution in [0.3, 0.4) is 0 Å². The molecular weight excluding hydrogens is 390 g/mol. The summed E-state index contributed by atoms with van der Waals surface area (Å²) in [6.07, 6.45) is 12.0. The Balaban J connectivity index is 1.51. The lowest BCUT2D eigenvalue weighted by atomic mass is 10.0. The van der Waals surface area contributed by atoms with E-state index in [0.717, 1.165) is 49.9 Å². The van der Waals surface area contributed by atoms with Crippen LogP contribution in [0.15, 0.2) is 73.7 Å². The van der Waals surface area contributed by atoms with Crippen LogP contribution >= 0.6 is 0 Å². The number of nitrogens with one attached hydrogen (secondary N) is 2. The second-order valence-corrected chi connectivity index (χ2v) is 7.19. The lowest BCUT2D eigenvalue weighted by molar-refractivity contribution is 0.473. The first-order chi connectivity index (χ1) is 15.3. The summed E-state index contributed by atoms with van der Waals surface area (Å²) < 4.78 is 0. The molecule has 8 heteroatoms. The van der Waals surface area contributed by atoms with Crippen LogP contribution in [0.25, 0.3) is 55.6 Å². The second-order valence-electron chi connectivity index (χ2n) is 7.19. The number of aromatic hydroxyl groups is 1. The summed E-state index contributed by atoms with van der Waals surface area (Å²) in [6.45, 7) is 0. The zero-order chi connectivity index (χ0) is 20.8. The predicted octanol–water partition coefficient (Wildman–Crippen LogP) is 4.33. The zero-order valence-electron chi connectivity index (χ0n) is 16.1. The Hall–Kier alpha value is -4.59. The minimum absolute atomic E-state index is 0.108. The molecule has 0 amide bonds. The topological polar surface area (TPSA) is 116 Å². The molecule has 6 aromatic rings. The average Bonchev–Trinajstić information content (AvgIpc) is 3.43. The van der Waals surface area contributed by atoms with Gasteiger partial charge in [0.15, 0.2) is 5.65 Å². The number of aromatic amines is 2. The highest BCUT2D eigenvalue weighted by Gasteiger charge is 2.15. The van der Waals surface area contributed by atoms with Crippen molar-refractivity contribution in [2.24, 2.45) is 0 Å². The van der Waals surface area contributed by atoms with E-state index in [1.165, 1.54) is 6.20 Å². The Kier molecular flexibility index (Phi) is 3.76. The van der Waals surface area contributed by atoms with E-state index < -0.39 is 0 Å². The van der Waals surface area contributed by atoms with Gasteiger partial charge in [0.2, 0.25) is 0 Å². The monoisotopic (exact) mass is 405 g/mol. The first-order valence-electron chi connectivity index (χ1n) is 9.62. The molecule has 0 saturated carbocycles. The quantitative estimate of drug-likeness (QED) is 0.403. The van der Waals surface area contributed by atoms with Gasteiger partial charge in [0.25, 0.3) is 0 Å². The molecule has 0 radical (unpaired) electrons. The molecule has 0 aliphatic carbocycles. The van der Waals surface area contributed by atoms with Crippen LogP contribution in [0.4, 0.5) is 0 Å². The van der Waals surface area contributed by atoms with Crippen LogP contribution < -0.4 is 0 Å². The van der Waals surface area contributed by atoms with Crippen molar-refractivity contribution in [3.8, 4) is 39.4 Å². The molecule has 6 heterocycles. The van der Waals surface area contributed by atoms with Gasteiger partial charge in [0.05, 0.1) is 23.6 Å². The minimum Gasteiger partial charge on any atom is -0.506 e. The summed E-state index contributed by atoms with van der Waals surface area (Å²) in [5.41, 5.74) is 6.90. The lowest BCUT2D eigenvalue weighted by Crippen LogP contribution is -1.84. The lowest BCUT2D eigenvalue weighted by Gasteiger charge is -2.02. The van der Waals surface area contributed by atoms with Gasteiger partial charge in [-0.05, 0) is 35.9 Å². The fourth-order valence-corrected chi connectivity index (χ4v) is 3.79. The van der Waals surface area contributed by atoms with E-state index in [0.29, 0.717) is 5.65 Å². The van der Waals surface area contributed by atoms with Crippen molar-refractivity contribution >= 4 is 21.9 Å². The van der Waals surface area contributed by atoms with Gasteiger partial charge in [0.1, 0.15) is 11.4 Å². The normalized spacial score (nSPS) is 11.4. The van der Waals surface area contributed by atoms with E-state index in [4.69, 9.17) is 0 Å². The summed E-state index contributed by atoms with van der Waals surface area (Å²) in [6, 6.07) is 9.65. The van der Waals surface area contributed by atoms with E-state index >= 15 is 0 Å². The van der Waals surface area contributed by atoms with E-state index in [1.807, 2.05) is 24.4 Å². The molecule has 0 aliphatic heterocycles. The molecule has 6 rings (SSSR count). The Morgan fingerprint density at radius 2 is 1.58 bits per heavy atom. The van der Waals surface area contributed by atoms with Crippen molar-refractivity contribution in [1.29, 1.82) is 0 Å². The highest BCUT2D eigenvalue weighted by Crippen LogP contribution is 2.34. The molecule has 8 nitrogen and oxygen atoms in total. The first kappa shape index (κ1) is 17.3. The Bertz CT molecular complexity index is 1550. The van der Waals surface area contributed by atoms with Crippen LogP contribution in [-0.2, 0) is 0 Å². The molecule has 0 bridgehead atoms. The van der Waals surface area contributed by atoms with E-state index in [1.54, 1.807) is 37.1 Å². The van der Waals surface area contributed by atoms with Gasteiger partial charge in [0, 0.05) is 58.4 Å². The average molecular weight is 405 g/mol. The summed E-state index contributed by atoms with van der Waals surface area (Å²) in [4.78, 5) is 20.5. The molecule has 0 saturated heterocycles. The number of fused-ring (bicyclic) bond motifs is 2. The van der Waals surface area contributed by atoms with Crippen molar-refractivity contribution < 1.29 is 5.11 Å². The van der Waals surface area contributed by atoms with Gasteiger partial charge in [-0.25, -0.2) is 4.98 Å². The molecule has 0 atom stereocenters. The molecule has 6 aromatic heterocycles. The van der Waals surface area contributed by atoms with Gasteiger partial charge < -0.3 is 10.1 Å². The molecule has 0 fully saturated rings. The Morgan fingerprint density at radius 1 is 0.742 bits per heavy atom. The number of hydrogen-bond donors (Lipinski definition) is 3. The summed E-state index contributed by atoms with van der Waals surface area (Å²) in [7, 11) is 0. The zero-order valence-corrected chi connectivity index (χ0v) is 16.1. The molecule has 148 valence electrons. The predicted molar refractivity (Wildman–Crippen MR) is 117 cm³/mol. The van der Waals surface area contributed by atoms with Crippen molar-refractivity contribution in [3.05, 3.63) is 73.7 Å². The largest absolute Gasteiger partial charge is 0.506 e. The number of nitrogens with zero attached hydrogens (tertiary/aromatic N) is 5. The maximum Gasteiger partial charge on any atom is 0.155 e. The smallest absolute Gasteiger partial charge is 0.155 e. The fourth-order valence-electron chi connectivity index (χ4n) is 3.79. The van der Waals surface area contributed by atoms with Crippen molar-refractivity contribution in [2.45, 2.75) is 0 Å². The van der Waals surface area contributed by atoms with Gasteiger partial charge in [-0.1, -0.05) is 0 Å². The van der Waals surface area contributed by atoms with Gasteiger partial charge in [-0.3, -0.25) is 20.1 Å². The highest BCUT2D eigenvalue weighted by molar-refractivity contribution is 6.00. The third-order valence-electron chi connectivity index (χ3n) is 5.27. The van der Waals surface area contributed by atoms with Gasteiger partial charge >= 0.3 is 0 Å². The summed E-state index contributed by atoms with van der Waals surface area (Å²) in [5.74, 6) is 0.108. The number of hydrogen-bond acceptors (Lipinski definition) is 6. The van der Waals surface area contributed by atoms with Crippen LogP contribution in [0.1, 0.15) is 0 Å². The molecule has 0 unspecified atom stereocenters. The maximum absolute atomic E-state index is 9.76. The maximum atomic E-state index is 9.76. The Morgan fingerprint density at radius 3 is 2.45 bits per heavy atom. The molecule has 0 spiro atoms. The fraction of sp³-hybridized carbons (Fsp3) is 0. The van der Waals surface area contributed by atoms with Gasteiger partial charge in [-0.2, -0.15) is 5.10 Å². The number of H-pyrrole nitrogens is 2. The number of aromatic nitrogens is 7. The van der Waals surface area contributed by atoms with E-state index in [2.05, 4.69) is 41.2 Å². The van der Waals surface area contributed by atoms with E-state index in [9.17, 15) is 5.11 Å². The van der Waals surface area contributed by atoms with Crippen LogP contribution in [0.2, 0.25) is 0 Å². The Labute approximate surface area is 175 Å². The SMILES string of the molecule is Oc1cncc(-c2cnc3[nH]nc(-c4cc5c(-c6ccncc6)cncc5[nH]4)c3c2)c1. The van der Waals surface area contributed by atoms with Crippen LogP contribution in [0, 0.1) is 0 Å². The van der Waals surface area contributed by atoms with Crippen LogP contribution in [-0.4, -0.2) is 40.2 Å².